The summed E-state index contributed by atoms with van der Waals surface area (Å²) in [5.74, 6) is -0.0734. The van der Waals surface area contributed by atoms with Gasteiger partial charge in [-0.25, -0.2) is 4.39 Å². The number of aliphatic hydroxyl groups is 1. The van der Waals surface area contributed by atoms with Crippen LogP contribution in [-0.4, -0.2) is 72.6 Å². The lowest BCUT2D eigenvalue weighted by Crippen LogP contribution is -2.47. The van der Waals surface area contributed by atoms with E-state index in [0.29, 0.717) is 24.3 Å². The van der Waals surface area contributed by atoms with E-state index in [1.807, 2.05) is 24.3 Å². The Morgan fingerprint density at radius 3 is 2.33 bits per heavy atom. The summed E-state index contributed by atoms with van der Waals surface area (Å²) in [6.07, 6.45) is 5.42. The number of benzene rings is 2. The highest BCUT2D eigenvalue weighted by molar-refractivity contribution is 5.95. The Hall–Kier alpha value is -2.93. The quantitative estimate of drug-likeness (QED) is 0.689. The molecule has 3 aliphatic rings. The second-order valence-electron chi connectivity index (χ2n) is 10.9. The summed E-state index contributed by atoms with van der Waals surface area (Å²) in [5.41, 5.74) is 2.55. The Labute approximate surface area is 212 Å². The lowest BCUT2D eigenvalue weighted by molar-refractivity contribution is -0.139. The first kappa shape index (κ1) is 24.8. The maximum Gasteiger partial charge on any atom is 0.253 e. The van der Waals surface area contributed by atoms with Crippen molar-refractivity contribution in [3.63, 3.8) is 0 Å². The van der Waals surface area contributed by atoms with Crippen LogP contribution in [0.15, 0.2) is 42.5 Å². The standard InChI is InChI=1S/C29H36FN3O3/c1-31(2)27(35)22-5-3-4-20(18-22)21-6-11-25(30)26(19-21)32-15-12-29(13-16-32)14-17-33(28(29)36)23-7-9-24(34)10-8-23/h3-6,11,18-19,23-24,34H,7-10,12-17H2,1-2H3/t23-,24+. The summed E-state index contributed by atoms with van der Waals surface area (Å²) >= 11 is 0. The molecule has 1 saturated carbocycles. The third-order valence-corrected chi connectivity index (χ3v) is 8.51. The lowest BCUT2D eigenvalue weighted by atomic mass is 9.76. The number of nitrogens with zero attached hydrogens (tertiary/aromatic N) is 3. The molecule has 2 aromatic carbocycles. The molecule has 192 valence electrons. The van der Waals surface area contributed by atoms with E-state index in [0.717, 1.165) is 62.6 Å². The zero-order valence-corrected chi connectivity index (χ0v) is 21.3. The molecule has 2 aliphatic heterocycles. The van der Waals surface area contributed by atoms with E-state index in [9.17, 15) is 19.1 Å². The number of piperidine rings is 1. The molecule has 6 nitrogen and oxygen atoms in total. The van der Waals surface area contributed by atoms with Gasteiger partial charge in [-0.3, -0.25) is 9.59 Å². The molecule has 36 heavy (non-hydrogen) atoms. The van der Waals surface area contributed by atoms with Gasteiger partial charge in [0, 0.05) is 45.3 Å². The Bertz CT molecular complexity index is 1130. The number of carbonyl (C=O) groups is 2. The van der Waals surface area contributed by atoms with Gasteiger partial charge in [0.25, 0.3) is 5.91 Å². The van der Waals surface area contributed by atoms with Gasteiger partial charge in [-0.2, -0.15) is 0 Å². The van der Waals surface area contributed by atoms with Gasteiger partial charge in [-0.15, -0.1) is 0 Å². The molecule has 2 aromatic rings. The first-order chi connectivity index (χ1) is 17.3. The van der Waals surface area contributed by atoms with Crippen LogP contribution in [0.1, 0.15) is 55.3 Å². The number of hydrogen-bond acceptors (Lipinski definition) is 4. The predicted molar refractivity (Wildman–Crippen MR) is 138 cm³/mol. The first-order valence-corrected chi connectivity index (χ1v) is 13.1. The summed E-state index contributed by atoms with van der Waals surface area (Å²) in [7, 11) is 3.45. The van der Waals surface area contributed by atoms with E-state index >= 15 is 0 Å². The number of rotatable bonds is 4. The molecular formula is C29H36FN3O3. The molecule has 2 amide bonds. The van der Waals surface area contributed by atoms with Gasteiger partial charge in [-0.1, -0.05) is 18.2 Å². The minimum absolute atomic E-state index is 0.0693. The fourth-order valence-corrected chi connectivity index (χ4v) is 6.23. The zero-order valence-electron chi connectivity index (χ0n) is 21.3. The van der Waals surface area contributed by atoms with Gasteiger partial charge >= 0.3 is 0 Å². The molecule has 5 rings (SSSR count). The van der Waals surface area contributed by atoms with Crippen molar-refractivity contribution in [2.75, 3.05) is 38.6 Å². The molecule has 0 aromatic heterocycles. The highest BCUT2D eigenvalue weighted by atomic mass is 19.1. The van der Waals surface area contributed by atoms with Crippen molar-refractivity contribution in [3.05, 3.63) is 53.8 Å². The van der Waals surface area contributed by atoms with Crippen molar-refractivity contribution < 1.29 is 19.1 Å². The van der Waals surface area contributed by atoms with Crippen molar-refractivity contribution >= 4 is 17.5 Å². The number of aliphatic hydroxyl groups excluding tert-OH is 1. The molecule has 2 heterocycles. The molecule has 0 unspecified atom stereocenters. The number of carbonyl (C=O) groups excluding carboxylic acids is 2. The fourth-order valence-electron chi connectivity index (χ4n) is 6.23. The summed E-state index contributed by atoms with van der Waals surface area (Å²) in [6.45, 7) is 2.08. The van der Waals surface area contributed by atoms with E-state index in [1.165, 1.54) is 6.07 Å². The average molecular weight is 494 g/mol. The molecule has 1 aliphatic carbocycles. The summed E-state index contributed by atoms with van der Waals surface area (Å²) in [5, 5.41) is 9.83. The highest BCUT2D eigenvalue weighted by Crippen LogP contribution is 2.45. The van der Waals surface area contributed by atoms with Crippen LogP contribution in [0.2, 0.25) is 0 Å². The number of halogens is 1. The molecule has 0 bridgehead atoms. The second-order valence-corrected chi connectivity index (χ2v) is 10.9. The summed E-state index contributed by atoms with van der Waals surface area (Å²) in [6, 6.07) is 12.8. The predicted octanol–water partition coefficient (Wildman–Crippen LogP) is 4.32. The van der Waals surface area contributed by atoms with Gasteiger partial charge in [0.05, 0.1) is 17.2 Å². The average Bonchev–Trinajstić information content (AvgIpc) is 3.20. The van der Waals surface area contributed by atoms with Crippen molar-refractivity contribution in [2.45, 2.75) is 57.1 Å². The first-order valence-electron chi connectivity index (χ1n) is 13.1. The summed E-state index contributed by atoms with van der Waals surface area (Å²) < 4.78 is 15.0. The largest absolute Gasteiger partial charge is 0.393 e. The van der Waals surface area contributed by atoms with Crippen molar-refractivity contribution in [1.29, 1.82) is 0 Å². The van der Waals surface area contributed by atoms with E-state index in [2.05, 4.69) is 9.80 Å². The number of amides is 2. The van der Waals surface area contributed by atoms with Crippen LogP contribution in [0.3, 0.4) is 0 Å². The smallest absolute Gasteiger partial charge is 0.253 e. The van der Waals surface area contributed by atoms with Gasteiger partial charge < -0.3 is 19.8 Å². The van der Waals surface area contributed by atoms with Crippen LogP contribution in [0.25, 0.3) is 11.1 Å². The number of likely N-dealkylation sites (tertiary alicyclic amines) is 1. The van der Waals surface area contributed by atoms with Gasteiger partial charge in [0.15, 0.2) is 0 Å². The Morgan fingerprint density at radius 1 is 0.972 bits per heavy atom. The molecule has 0 radical (unpaired) electrons. The van der Waals surface area contributed by atoms with Crippen molar-refractivity contribution in [3.8, 4) is 11.1 Å². The van der Waals surface area contributed by atoms with E-state index in [1.54, 1.807) is 31.1 Å². The monoisotopic (exact) mass is 493 g/mol. The van der Waals surface area contributed by atoms with E-state index < -0.39 is 0 Å². The Kier molecular flexibility index (Phi) is 6.77. The molecule has 1 spiro atoms. The maximum atomic E-state index is 15.0. The minimum atomic E-state index is -0.332. The van der Waals surface area contributed by atoms with Crippen LogP contribution in [-0.2, 0) is 4.79 Å². The van der Waals surface area contributed by atoms with Gasteiger partial charge in [0.2, 0.25) is 5.91 Å². The molecule has 7 heteroatoms. The Morgan fingerprint density at radius 2 is 1.64 bits per heavy atom. The number of hydrogen-bond donors (Lipinski definition) is 1. The lowest BCUT2D eigenvalue weighted by Gasteiger charge is -2.40. The van der Waals surface area contributed by atoms with Crippen LogP contribution >= 0.6 is 0 Å². The van der Waals surface area contributed by atoms with Crippen molar-refractivity contribution in [2.24, 2.45) is 5.41 Å². The molecular weight excluding hydrogens is 457 g/mol. The topological polar surface area (TPSA) is 64.1 Å². The normalized spacial score (nSPS) is 23.8. The van der Waals surface area contributed by atoms with Crippen LogP contribution in [0.4, 0.5) is 10.1 Å². The van der Waals surface area contributed by atoms with Gasteiger partial charge in [-0.05, 0) is 80.3 Å². The highest BCUT2D eigenvalue weighted by Gasteiger charge is 2.50. The van der Waals surface area contributed by atoms with Crippen LogP contribution in [0.5, 0.6) is 0 Å². The molecule has 2 saturated heterocycles. The van der Waals surface area contributed by atoms with Crippen LogP contribution < -0.4 is 4.90 Å². The molecule has 0 atom stereocenters. The van der Waals surface area contributed by atoms with E-state index in [4.69, 9.17) is 0 Å². The number of anilines is 1. The van der Waals surface area contributed by atoms with Crippen molar-refractivity contribution in [1.82, 2.24) is 9.80 Å². The van der Waals surface area contributed by atoms with E-state index in [-0.39, 0.29) is 35.2 Å². The second kappa shape index (κ2) is 9.85. The minimum Gasteiger partial charge on any atom is -0.393 e. The molecule has 3 fully saturated rings. The van der Waals surface area contributed by atoms with Crippen LogP contribution in [0, 0.1) is 11.2 Å². The fraction of sp³-hybridized carbons (Fsp3) is 0.517. The maximum absolute atomic E-state index is 15.0. The third kappa shape index (κ3) is 4.61. The summed E-state index contributed by atoms with van der Waals surface area (Å²) in [4.78, 5) is 31.6. The molecule has 1 N–H and O–H groups in total. The SMILES string of the molecule is CN(C)C(=O)c1cccc(-c2ccc(F)c(N3CCC4(CC3)CCN([C@H]3CC[C@@H](O)CC3)C4=O)c2)c1. The Balaban J connectivity index is 1.29. The zero-order chi connectivity index (χ0) is 25.4. The van der Waals surface area contributed by atoms with Gasteiger partial charge in [0.1, 0.15) is 5.82 Å². The third-order valence-electron chi connectivity index (χ3n) is 8.51.